The van der Waals surface area contributed by atoms with Gasteiger partial charge in [0.15, 0.2) is 6.10 Å². The minimum absolute atomic E-state index is 0.139. The van der Waals surface area contributed by atoms with E-state index in [4.69, 9.17) is 4.74 Å². The summed E-state index contributed by atoms with van der Waals surface area (Å²) in [6.45, 7) is 3.65. The van der Waals surface area contributed by atoms with Crippen molar-refractivity contribution in [3.8, 4) is 5.75 Å². The Hall–Kier alpha value is -1.51. The highest BCUT2D eigenvalue weighted by Gasteiger charge is 2.23. The maximum Gasteiger partial charge on any atom is 0.263 e. The molecule has 2 aliphatic rings. The summed E-state index contributed by atoms with van der Waals surface area (Å²) in [5.41, 5.74) is 2.85. The molecule has 120 valence electrons. The third kappa shape index (κ3) is 3.63. The molecule has 1 aliphatic heterocycles. The first-order valence-corrected chi connectivity index (χ1v) is 8.81. The Bertz CT molecular complexity index is 518. The molecule has 0 aromatic heterocycles. The first kappa shape index (κ1) is 15.4. The lowest BCUT2D eigenvalue weighted by molar-refractivity contribution is -0.137. The molecule has 1 unspecified atom stereocenters. The lowest BCUT2D eigenvalue weighted by Gasteiger charge is -2.25. The molecule has 22 heavy (non-hydrogen) atoms. The van der Waals surface area contributed by atoms with Gasteiger partial charge in [-0.15, -0.1) is 0 Å². The summed E-state index contributed by atoms with van der Waals surface area (Å²) in [7, 11) is 0. The van der Waals surface area contributed by atoms with E-state index in [2.05, 4.69) is 12.1 Å². The lowest BCUT2D eigenvalue weighted by Crippen LogP contribution is -2.41. The summed E-state index contributed by atoms with van der Waals surface area (Å²) >= 11 is 0. The van der Waals surface area contributed by atoms with Crippen molar-refractivity contribution >= 4 is 5.91 Å². The van der Waals surface area contributed by atoms with E-state index in [1.165, 1.54) is 43.2 Å². The van der Waals surface area contributed by atoms with Gasteiger partial charge in [-0.1, -0.05) is 18.9 Å². The fraction of sp³-hybridized carbons (Fsp3) is 0.632. The molecule has 0 radical (unpaired) electrons. The van der Waals surface area contributed by atoms with Crippen LogP contribution in [0.3, 0.4) is 0 Å². The predicted molar refractivity (Wildman–Crippen MR) is 88.2 cm³/mol. The maximum atomic E-state index is 12.5. The van der Waals surface area contributed by atoms with E-state index in [9.17, 15) is 4.79 Å². The van der Waals surface area contributed by atoms with E-state index in [0.29, 0.717) is 0 Å². The van der Waals surface area contributed by atoms with Crippen molar-refractivity contribution in [3.05, 3.63) is 29.3 Å². The Morgan fingerprint density at radius 3 is 2.41 bits per heavy atom. The number of ether oxygens (including phenoxy) is 1. The molecule has 1 amide bonds. The van der Waals surface area contributed by atoms with E-state index in [1.54, 1.807) is 0 Å². The van der Waals surface area contributed by atoms with Gasteiger partial charge in [-0.25, -0.2) is 0 Å². The molecular weight excluding hydrogens is 274 g/mol. The van der Waals surface area contributed by atoms with E-state index >= 15 is 0 Å². The summed E-state index contributed by atoms with van der Waals surface area (Å²) in [6.07, 6.45) is 9.21. The number of hydrogen-bond acceptors (Lipinski definition) is 2. The van der Waals surface area contributed by atoms with Crippen LogP contribution in [0, 0.1) is 0 Å². The molecule has 1 fully saturated rings. The molecule has 1 aromatic carbocycles. The van der Waals surface area contributed by atoms with Crippen molar-refractivity contribution in [2.45, 2.75) is 64.4 Å². The van der Waals surface area contributed by atoms with Gasteiger partial charge in [-0.3, -0.25) is 4.79 Å². The number of likely N-dealkylation sites (tertiary alicyclic amines) is 1. The average molecular weight is 301 g/mol. The van der Waals surface area contributed by atoms with Crippen LogP contribution in [-0.4, -0.2) is 30.0 Å². The minimum atomic E-state index is -0.389. The minimum Gasteiger partial charge on any atom is -0.481 e. The third-order valence-electron chi connectivity index (χ3n) is 4.90. The molecule has 1 aromatic rings. The van der Waals surface area contributed by atoms with Crippen molar-refractivity contribution in [2.75, 3.05) is 13.1 Å². The number of carbonyl (C=O) groups excluding carboxylic acids is 1. The topological polar surface area (TPSA) is 29.5 Å². The van der Waals surface area contributed by atoms with Gasteiger partial charge >= 0.3 is 0 Å². The Morgan fingerprint density at radius 2 is 1.68 bits per heavy atom. The Kier molecular flexibility index (Phi) is 5.01. The third-order valence-corrected chi connectivity index (χ3v) is 4.90. The quantitative estimate of drug-likeness (QED) is 0.851. The highest BCUT2D eigenvalue weighted by Crippen LogP contribution is 2.26. The lowest BCUT2D eigenvalue weighted by atomic mass is 9.92. The highest BCUT2D eigenvalue weighted by molar-refractivity contribution is 5.80. The molecule has 1 atom stereocenters. The van der Waals surface area contributed by atoms with Crippen LogP contribution in [0.2, 0.25) is 0 Å². The number of amides is 1. The van der Waals surface area contributed by atoms with Gasteiger partial charge in [0, 0.05) is 13.1 Å². The van der Waals surface area contributed by atoms with E-state index in [-0.39, 0.29) is 12.0 Å². The van der Waals surface area contributed by atoms with Crippen LogP contribution in [0.5, 0.6) is 5.75 Å². The molecule has 3 rings (SSSR count). The standard InChI is InChI=1S/C19H27NO2/c1-15(19(21)20-12-6-2-3-7-13-20)22-18-11-10-16-8-4-5-9-17(16)14-18/h10-11,14-15H,2-9,12-13H2,1H3. The van der Waals surface area contributed by atoms with Crippen LogP contribution < -0.4 is 4.74 Å². The number of benzene rings is 1. The second kappa shape index (κ2) is 7.17. The van der Waals surface area contributed by atoms with Gasteiger partial charge in [0.1, 0.15) is 5.75 Å². The van der Waals surface area contributed by atoms with Crippen LogP contribution in [0.25, 0.3) is 0 Å². The SMILES string of the molecule is CC(Oc1ccc2c(c1)CCCC2)C(=O)N1CCCCCC1. The second-order valence-electron chi connectivity index (χ2n) is 6.64. The number of fused-ring (bicyclic) bond motifs is 1. The zero-order valence-electron chi connectivity index (χ0n) is 13.6. The summed E-state index contributed by atoms with van der Waals surface area (Å²) in [4.78, 5) is 14.5. The van der Waals surface area contributed by atoms with Gasteiger partial charge < -0.3 is 9.64 Å². The van der Waals surface area contributed by atoms with Gasteiger partial charge in [0.25, 0.3) is 5.91 Å². The van der Waals surface area contributed by atoms with Crippen LogP contribution in [-0.2, 0) is 17.6 Å². The summed E-state index contributed by atoms with van der Waals surface area (Å²) in [5, 5.41) is 0. The average Bonchev–Trinajstić information content (AvgIpc) is 2.83. The molecule has 1 aliphatic carbocycles. The highest BCUT2D eigenvalue weighted by atomic mass is 16.5. The van der Waals surface area contributed by atoms with Crippen molar-refractivity contribution in [1.29, 1.82) is 0 Å². The van der Waals surface area contributed by atoms with Gasteiger partial charge in [0.2, 0.25) is 0 Å². The van der Waals surface area contributed by atoms with Gasteiger partial charge in [0.05, 0.1) is 0 Å². The first-order chi connectivity index (χ1) is 10.7. The molecular formula is C19H27NO2. The largest absolute Gasteiger partial charge is 0.481 e. The Labute approximate surface area is 133 Å². The molecule has 0 saturated carbocycles. The molecule has 0 spiro atoms. The van der Waals surface area contributed by atoms with Crippen LogP contribution in [0.15, 0.2) is 18.2 Å². The van der Waals surface area contributed by atoms with Gasteiger partial charge in [-0.05, 0) is 68.7 Å². The fourth-order valence-electron chi connectivity index (χ4n) is 3.59. The zero-order chi connectivity index (χ0) is 15.4. The molecule has 3 nitrogen and oxygen atoms in total. The fourth-order valence-corrected chi connectivity index (χ4v) is 3.59. The number of nitrogens with zero attached hydrogens (tertiary/aromatic N) is 1. The van der Waals surface area contributed by atoms with Crippen molar-refractivity contribution in [3.63, 3.8) is 0 Å². The van der Waals surface area contributed by atoms with E-state index < -0.39 is 0 Å². The first-order valence-electron chi connectivity index (χ1n) is 8.81. The van der Waals surface area contributed by atoms with E-state index in [1.807, 2.05) is 17.9 Å². The summed E-state index contributed by atoms with van der Waals surface area (Å²) < 4.78 is 5.95. The van der Waals surface area contributed by atoms with Gasteiger partial charge in [-0.2, -0.15) is 0 Å². The summed E-state index contributed by atoms with van der Waals surface area (Å²) in [6, 6.07) is 6.34. The molecule has 1 heterocycles. The van der Waals surface area contributed by atoms with Crippen molar-refractivity contribution in [1.82, 2.24) is 4.90 Å². The number of hydrogen-bond donors (Lipinski definition) is 0. The number of carbonyl (C=O) groups is 1. The second-order valence-corrected chi connectivity index (χ2v) is 6.64. The Morgan fingerprint density at radius 1 is 1.00 bits per heavy atom. The monoisotopic (exact) mass is 301 g/mol. The van der Waals surface area contributed by atoms with Crippen molar-refractivity contribution in [2.24, 2.45) is 0 Å². The predicted octanol–water partition coefficient (Wildman–Crippen LogP) is 3.74. The molecule has 3 heteroatoms. The molecule has 1 saturated heterocycles. The molecule has 0 bridgehead atoms. The van der Waals surface area contributed by atoms with E-state index in [0.717, 1.165) is 38.1 Å². The number of rotatable bonds is 3. The summed E-state index contributed by atoms with van der Waals surface area (Å²) in [5.74, 6) is 0.982. The normalized spacial score (nSPS) is 20.0. The zero-order valence-corrected chi connectivity index (χ0v) is 13.6. The number of aryl methyl sites for hydroxylation is 2. The Balaban J connectivity index is 1.63. The smallest absolute Gasteiger partial charge is 0.263 e. The maximum absolute atomic E-state index is 12.5. The van der Waals surface area contributed by atoms with Crippen LogP contribution in [0.1, 0.15) is 56.6 Å². The van der Waals surface area contributed by atoms with Crippen molar-refractivity contribution < 1.29 is 9.53 Å². The molecule has 0 N–H and O–H groups in total. The van der Waals surface area contributed by atoms with Crippen LogP contribution >= 0.6 is 0 Å². The van der Waals surface area contributed by atoms with Crippen LogP contribution in [0.4, 0.5) is 0 Å².